The summed E-state index contributed by atoms with van der Waals surface area (Å²) >= 11 is 0. The van der Waals surface area contributed by atoms with E-state index in [-0.39, 0.29) is 11.3 Å². The highest BCUT2D eigenvalue weighted by atomic mass is 32.2. The van der Waals surface area contributed by atoms with Gasteiger partial charge in [0.05, 0.1) is 5.25 Å². The lowest BCUT2D eigenvalue weighted by Gasteiger charge is -2.20. The summed E-state index contributed by atoms with van der Waals surface area (Å²) < 4.78 is 49.6. The fraction of sp³-hybridized carbons (Fsp3) is 0.455. The molecule has 2 N–H and O–H groups in total. The fourth-order valence-corrected chi connectivity index (χ4v) is 2.63. The van der Waals surface area contributed by atoms with Crippen molar-refractivity contribution in [3.63, 3.8) is 0 Å². The molecule has 3 nitrogen and oxygen atoms in total. The molecule has 1 rings (SSSR count). The SMILES string of the molecule is CCS(=O)(=O)C(C)C(N)c1cc(F)ccc1F. The van der Waals surface area contributed by atoms with Gasteiger partial charge >= 0.3 is 0 Å². The van der Waals surface area contributed by atoms with Crippen molar-refractivity contribution in [2.24, 2.45) is 5.73 Å². The molecule has 0 aliphatic heterocycles. The second-order valence-electron chi connectivity index (χ2n) is 3.85. The Morgan fingerprint density at radius 3 is 2.47 bits per heavy atom. The zero-order valence-corrected chi connectivity index (χ0v) is 10.5. The summed E-state index contributed by atoms with van der Waals surface area (Å²) in [5.74, 6) is -1.42. The molecule has 0 spiro atoms. The summed E-state index contributed by atoms with van der Waals surface area (Å²) in [7, 11) is -3.39. The first-order chi connectivity index (χ1) is 7.79. The fourth-order valence-electron chi connectivity index (χ4n) is 1.51. The summed E-state index contributed by atoms with van der Waals surface area (Å²) in [5, 5.41) is -0.955. The molecule has 2 atom stereocenters. The van der Waals surface area contributed by atoms with E-state index in [1.54, 1.807) is 0 Å². The molecule has 17 heavy (non-hydrogen) atoms. The smallest absolute Gasteiger partial charge is 0.154 e. The minimum absolute atomic E-state index is 0.0845. The zero-order chi connectivity index (χ0) is 13.2. The summed E-state index contributed by atoms with van der Waals surface area (Å²) in [4.78, 5) is 0. The van der Waals surface area contributed by atoms with E-state index >= 15 is 0 Å². The van der Waals surface area contributed by atoms with Gasteiger partial charge in [0, 0.05) is 17.4 Å². The normalized spacial score (nSPS) is 15.6. The number of hydrogen-bond acceptors (Lipinski definition) is 3. The second-order valence-corrected chi connectivity index (χ2v) is 6.49. The molecule has 96 valence electrons. The minimum atomic E-state index is -3.39. The van der Waals surface area contributed by atoms with E-state index in [1.165, 1.54) is 13.8 Å². The molecule has 0 fully saturated rings. The molecular formula is C11H15F2NO2S. The molecule has 0 saturated heterocycles. The Kier molecular flexibility index (Phi) is 4.21. The Labute approximate surface area is 99.6 Å². The summed E-state index contributed by atoms with van der Waals surface area (Å²) in [6, 6.07) is 1.76. The van der Waals surface area contributed by atoms with Crippen molar-refractivity contribution < 1.29 is 17.2 Å². The van der Waals surface area contributed by atoms with Gasteiger partial charge in [-0.15, -0.1) is 0 Å². The van der Waals surface area contributed by atoms with Gasteiger partial charge < -0.3 is 5.73 Å². The minimum Gasteiger partial charge on any atom is -0.323 e. The van der Waals surface area contributed by atoms with Crippen LogP contribution in [0.5, 0.6) is 0 Å². The Hall–Kier alpha value is -1.01. The molecule has 0 aromatic heterocycles. The maximum atomic E-state index is 13.4. The first-order valence-corrected chi connectivity index (χ1v) is 6.93. The van der Waals surface area contributed by atoms with E-state index in [1.807, 2.05) is 0 Å². The highest BCUT2D eigenvalue weighted by Gasteiger charge is 2.28. The van der Waals surface area contributed by atoms with Gasteiger partial charge in [0.15, 0.2) is 9.84 Å². The van der Waals surface area contributed by atoms with Crippen molar-refractivity contribution >= 4 is 9.84 Å². The molecule has 1 aromatic carbocycles. The van der Waals surface area contributed by atoms with Crippen LogP contribution in [0, 0.1) is 11.6 Å². The van der Waals surface area contributed by atoms with Crippen LogP contribution in [0.4, 0.5) is 8.78 Å². The third kappa shape index (κ3) is 3.01. The van der Waals surface area contributed by atoms with Gasteiger partial charge in [0.25, 0.3) is 0 Å². The second kappa shape index (κ2) is 5.10. The van der Waals surface area contributed by atoms with Crippen molar-refractivity contribution in [1.82, 2.24) is 0 Å². The van der Waals surface area contributed by atoms with Crippen LogP contribution in [0.15, 0.2) is 18.2 Å². The molecule has 0 amide bonds. The van der Waals surface area contributed by atoms with Crippen LogP contribution in [0.25, 0.3) is 0 Å². The van der Waals surface area contributed by atoms with Crippen LogP contribution in [-0.4, -0.2) is 19.4 Å². The molecule has 0 bridgehead atoms. The Balaban J connectivity index is 3.12. The number of halogens is 2. The van der Waals surface area contributed by atoms with Gasteiger partial charge in [-0.25, -0.2) is 17.2 Å². The maximum absolute atomic E-state index is 13.4. The number of sulfone groups is 1. The molecule has 6 heteroatoms. The molecule has 1 aromatic rings. The number of hydrogen-bond donors (Lipinski definition) is 1. The van der Waals surface area contributed by atoms with Crippen LogP contribution >= 0.6 is 0 Å². The largest absolute Gasteiger partial charge is 0.323 e. The summed E-state index contributed by atoms with van der Waals surface area (Å²) in [6.07, 6.45) is 0. The monoisotopic (exact) mass is 263 g/mol. The number of benzene rings is 1. The van der Waals surface area contributed by atoms with Gasteiger partial charge in [-0.2, -0.15) is 0 Å². The quantitative estimate of drug-likeness (QED) is 0.901. The molecule has 2 unspecified atom stereocenters. The van der Waals surface area contributed by atoms with E-state index in [0.29, 0.717) is 0 Å². The topological polar surface area (TPSA) is 60.2 Å². The lowest BCUT2D eigenvalue weighted by molar-refractivity contribution is 0.538. The third-order valence-corrected chi connectivity index (χ3v) is 5.02. The lowest BCUT2D eigenvalue weighted by atomic mass is 10.0. The van der Waals surface area contributed by atoms with Crippen LogP contribution in [0.3, 0.4) is 0 Å². The third-order valence-electron chi connectivity index (χ3n) is 2.79. The van der Waals surface area contributed by atoms with E-state index in [4.69, 9.17) is 5.73 Å². The van der Waals surface area contributed by atoms with Crippen molar-refractivity contribution in [3.05, 3.63) is 35.4 Å². The van der Waals surface area contributed by atoms with E-state index < -0.39 is 32.8 Å². The van der Waals surface area contributed by atoms with E-state index in [9.17, 15) is 17.2 Å². The lowest BCUT2D eigenvalue weighted by Crippen LogP contribution is -2.32. The molecular weight excluding hydrogens is 248 g/mol. The van der Waals surface area contributed by atoms with Gasteiger partial charge in [-0.3, -0.25) is 0 Å². The standard InChI is InChI=1S/C11H15F2NO2S/c1-3-17(15,16)7(2)11(14)9-6-8(12)4-5-10(9)13/h4-7,11H,3,14H2,1-2H3. The maximum Gasteiger partial charge on any atom is 0.154 e. The Morgan fingerprint density at radius 2 is 1.94 bits per heavy atom. The van der Waals surface area contributed by atoms with Crippen LogP contribution in [0.2, 0.25) is 0 Å². The van der Waals surface area contributed by atoms with E-state index in [2.05, 4.69) is 0 Å². The average Bonchev–Trinajstić information content (AvgIpc) is 2.30. The molecule has 0 radical (unpaired) electrons. The van der Waals surface area contributed by atoms with Gasteiger partial charge in [-0.1, -0.05) is 6.92 Å². The van der Waals surface area contributed by atoms with Crippen LogP contribution in [0.1, 0.15) is 25.5 Å². The number of nitrogens with two attached hydrogens (primary N) is 1. The Morgan fingerprint density at radius 1 is 1.35 bits per heavy atom. The summed E-state index contributed by atoms with van der Waals surface area (Å²) in [5.41, 5.74) is 5.57. The molecule has 0 aliphatic rings. The average molecular weight is 263 g/mol. The van der Waals surface area contributed by atoms with Gasteiger partial charge in [0.1, 0.15) is 11.6 Å². The highest BCUT2D eigenvalue weighted by Crippen LogP contribution is 2.23. The first kappa shape index (κ1) is 14.1. The molecule has 0 heterocycles. The number of rotatable bonds is 4. The predicted octanol–water partition coefficient (Wildman–Crippen LogP) is 1.79. The van der Waals surface area contributed by atoms with Crippen molar-refractivity contribution in [2.75, 3.05) is 5.75 Å². The zero-order valence-electron chi connectivity index (χ0n) is 9.65. The highest BCUT2D eigenvalue weighted by molar-refractivity contribution is 7.92. The Bertz CT molecular complexity index is 502. The van der Waals surface area contributed by atoms with E-state index in [0.717, 1.165) is 18.2 Å². The van der Waals surface area contributed by atoms with Gasteiger partial charge in [-0.05, 0) is 25.1 Å². The van der Waals surface area contributed by atoms with Crippen molar-refractivity contribution in [3.8, 4) is 0 Å². The van der Waals surface area contributed by atoms with Gasteiger partial charge in [0.2, 0.25) is 0 Å². The predicted molar refractivity (Wildman–Crippen MR) is 62.2 cm³/mol. The molecule has 0 saturated carbocycles. The van der Waals surface area contributed by atoms with Crippen molar-refractivity contribution in [1.29, 1.82) is 0 Å². The summed E-state index contributed by atoms with van der Waals surface area (Å²) in [6.45, 7) is 2.88. The molecule has 0 aliphatic carbocycles. The van der Waals surface area contributed by atoms with Crippen molar-refractivity contribution in [2.45, 2.75) is 25.1 Å². The van der Waals surface area contributed by atoms with Crippen LogP contribution < -0.4 is 5.73 Å². The first-order valence-electron chi connectivity index (χ1n) is 5.21. The van der Waals surface area contributed by atoms with Crippen LogP contribution in [-0.2, 0) is 9.84 Å².